The Morgan fingerprint density at radius 2 is 1.61 bits per heavy atom. The van der Waals surface area contributed by atoms with Crippen LogP contribution in [0.1, 0.15) is 38.8 Å². The number of fused-ring (bicyclic) bond motifs is 2. The topological polar surface area (TPSA) is 70.0 Å². The average molecular weight is 726 g/mol. The van der Waals surface area contributed by atoms with E-state index >= 15 is 0 Å². The molecular weight excluding hydrogens is 698 g/mol. The number of anilines is 1. The molecule has 0 fully saturated rings. The predicted octanol–water partition coefficient (Wildman–Crippen LogP) is 7.49. The summed E-state index contributed by atoms with van der Waals surface area (Å²) in [6.45, 7) is 8.52. The minimum absolute atomic E-state index is 0.0741. The maximum Gasteiger partial charge on any atom is 0.294 e. The third-order valence-corrected chi connectivity index (χ3v) is 9.12. The van der Waals surface area contributed by atoms with Crippen LogP contribution in [0.4, 0.5) is 11.4 Å². The van der Waals surface area contributed by atoms with Gasteiger partial charge in [-0.05, 0) is 93.2 Å². The minimum atomic E-state index is -4.25. The van der Waals surface area contributed by atoms with Gasteiger partial charge in [-0.3, -0.25) is 9.55 Å². The zero-order valence-corrected chi connectivity index (χ0v) is 25.9. The second-order valence-corrected chi connectivity index (χ2v) is 13.8. The van der Waals surface area contributed by atoms with Crippen LogP contribution in [0.3, 0.4) is 0 Å². The quantitative estimate of drug-likeness (QED) is 0.197. The van der Waals surface area contributed by atoms with Crippen LogP contribution < -0.4 is 4.90 Å². The van der Waals surface area contributed by atoms with Gasteiger partial charge < -0.3 is 4.90 Å². The summed E-state index contributed by atoms with van der Waals surface area (Å²) in [6.07, 6.45) is 14.0. The largest absolute Gasteiger partial charge is 0.347 e. The first-order valence-corrected chi connectivity index (χ1v) is 15.0. The van der Waals surface area contributed by atoms with E-state index < -0.39 is 15.5 Å². The molecule has 2 heterocycles. The predicted molar refractivity (Wildman–Crippen MR) is 165 cm³/mol. The number of aliphatic imine (C=N–C) groups is 1. The van der Waals surface area contributed by atoms with E-state index in [1.807, 2.05) is 44.2 Å². The highest BCUT2D eigenvalue weighted by atomic mass is 127. The number of allylic oxidation sites excluding steroid dienone is 8. The van der Waals surface area contributed by atoms with Crippen molar-refractivity contribution in [2.24, 2.45) is 4.99 Å². The Morgan fingerprint density at radius 3 is 2.31 bits per heavy atom. The highest BCUT2D eigenvalue weighted by Crippen LogP contribution is 2.49. The Bertz CT molecular complexity index is 1500. The Kier molecular flexibility index (Phi) is 7.46. The molecule has 2 aromatic rings. The standard InChI is InChI=1S/C28H28I2N2O3S/c1-27(2)20-17-19(36(33,34)35)13-14-22(20)31-24(27)11-9-7-6-8-10-12-25-28(3,4)26-21(30)15-18(29)16-23(26)32(25)5/h6-17H,1-5H3,(H,33,34,35)/b7-6+,10-8+,11-9+,25-12-. The van der Waals surface area contributed by atoms with E-state index in [2.05, 4.69) is 100 Å². The van der Waals surface area contributed by atoms with Gasteiger partial charge in [-0.15, -0.1) is 0 Å². The summed E-state index contributed by atoms with van der Waals surface area (Å²) in [7, 11) is -2.13. The number of rotatable bonds is 5. The first kappa shape index (κ1) is 27.3. The lowest BCUT2D eigenvalue weighted by Gasteiger charge is -2.24. The van der Waals surface area contributed by atoms with Crippen molar-refractivity contribution in [3.8, 4) is 0 Å². The van der Waals surface area contributed by atoms with Crippen LogP contribution in [-0.4, -0.2) is 25.7 Å². The summed E-state index contributed by atoms with van der Waals surface area (Å²) in [5.41, 5.74) is 5.67. The molecule has 0 atom stereocenters. The second kappa shape index (κ2) is 9.85. The number of nitrogens with zero attached hydrogens (tertiary/aromatic N) is 2. The number of halogens is 2. The van der Waals surface area contributed by atoms with Crippen molar-refractivity contribution in [3.05, 3.63) is 96.8 Å². The van der Waals surface area contributed by atoms with E-state index in [1.165, 1.54) is 36.2 Å². The van der Waals surface area contributed by atoms with Crippen molar-refractivity contribution >= 4 is 72.4 Å². The lowest BCUT2D eigenvalue weighted by Crippen LogP contribution is -2.24. The third kappa shape index (κ3) is 5.01. The maximum atomic E-state index is 11.5. The highest BCUT2D eigenvalue weighted by molar-refractivity contribution is 14.1. The van der Waals surface area contributed by atoms with E-state index in [9.17, 15) is 13.0 Å². The summed E-state index contributed by atoms with van der Waals surface area (Å²) >= 11 is 4.81. The number of benzene rings is 2. The number of hydrogen-bond acceptors (Lipinski definition) is 4. The van der Waals surface area contributed by atoms with Crippen LogP contribution in [0, 0.1) is 7.14 Å². The number of likely N-dealkylation sites (N-methyl/N-ethyl adjacent to an activating group) is 1. The van der Waals surface area contributed by atoms with Crippen molar-refractivity contribution in [1.82, 2.24) is 0 Å². The molecule has 0 aliphatic carbocycles. The molecule has 188 valence electrons. The van der Waals surface area contributed by atoms with E-state index in [4.69, 9.17) is 0 Å². The molecule has 0 amide bonds. The van der Waals surface area contributed by atoms with Crippen LogP contribution >= 0.6 is 45.2 Å². The first-order chi connectivity index (χ1) is 16.7. The van der Waals surface area contributed by atoms with Crippen molar-refractivity contribution in [3.63, 3.8) is 0 Å². The monoisotopic (exact) mass is 726 g/mol. The molecular formula is C28H28I2N2O3S. The molecule has 8 heteroatoms. The van der Waals surface area contributed by atoms with E-state index in [-0.39, 0.29) is 10.3 Å². The number of hydrogen-bond donors (Lipinski definition) is 1. The van der Waals surface area contributed by atoms with Gasteiger partial charge in [0.25, 0.3) is 10.1 Å². The molecule has 0 spiro atoms. The summed E-state index contributed by atoms with van der Waals surface area (Å²) in [5.74, 6) is 0. The van der Waals surface area contributed by atoms with Crippen molar-refractivity contribution in [1.29, 1.82) is 0 Å². The van der Waals surface area contributed by atoms with Gasteiger partial charge in [0.05, 0.1) is 16.3 Å². The summed E-state index contributed by atoms with van der Waals surface area (Å²) in [4.78, 5) is 6.82. The third-order valence-electron chi connectivity index (χ3n) is 6.80. The van der Waals surface area contributed by atoms with Crippen molar-refractivity contribution in [2.75, 3.05) is 11.9 Å². The fraction of sp³-hybridized carbons (Fsp3) is 0.250. The van der Waals surface area contributed by atoms with Crippen molar-refractivity contribution in [2.45, 2.75) is 43.4 Å². The summed E-state index contributed by atoms with van der Waals surface area (Å²) < 4.78 is 35.0. The molecule has 0 saturated heterocycles. The summed E-state index contributed by atoms with van der Waals surface area (Å²) in [5, 5.41) is 0. The van der Waals surface area contributed by atoms with E-state index in [0.717, 1.165) is 17.0 Å². The van der Waals surface area contributed by atoms with Crippen LogP contribution in [0.15, 0.2) is 88.4 Å². The van der Waals surface area contributed by atoms with Gasteiger partial charge in [0.15, 0.2) is 0 Å². The molecule has 36 heavy (non-hydrogen) atoms. The Labute approximate surface area is 240 Å². The van der Waals surface area contributed by atoms with Crippen LogP contribution in [0.5, 0.6) is 0 Å². The molecule has 5 nitrogen and oxygen atoms in total. The molecule has 2 aliphatic rings. The molecule has 0 aromatic heterocycles. The summed E-state index contributed by atoms with van der Waals surface area (Å²) in [6, 6.07) is 8.98. The van der Waals surface area contributed by atoms with Gasteiger partial charge in [-0.1, -0.05) is 58.1 Å². The van der Waals surface area contributed by atoms with Crippen LogP contribution in [0.2, 0.25) is 0 Å². The first-order valence-electron chi connectivity index (χ1n) is 11.4. The van der Waals surface area contributed by atoms with Gasteiger partial charge >= 0.3 is 0 Å². The van der Waals surface area contributed by atoms with E-state index in [0.29, 0.717) is 0 Å². The Balaban J connectivity index is 1.46. The molecule has 0 bridgehead atoms. The molecule has 4 rings (SSSR count). The molecule has 0 radical (unpaired) electrons. The van der Waals surface area contributed by atoms with Gasteiger partial charge in [-0.2, -0.15) is 8.42 Å². The normalized spacial score (nSPS) is 19.6. The van der Waals surface area contributed by atoms with Gasteiger partial charge in [0.2, 0.25) is 0 Å². The molecule has 1 N–H and O–H groups in total. The lowest BCUT2D eigenvalue weighted by atomic mass is 9.81. The lowest BCUT2D eigenvalue weighted by molar-refractivity contribution is 0.483. The van der Waals surface area contributed by atoms with Crippen LogP contribution in [-0.2, 0) is 20.9 Å². The highest BCUT2D eigenvalue weighted by Gasteiger charge is 2.40. The molecule has 0 saturated carbocycles. The van der Waals surface area contributed by atoms with Gasteiger partial charge in [-0.25, -0.2) is 0 Å². The zero-order valence-electron chi connectivity index (χ0n) is 20.8. The van der Waals surface area contributed by atoms with Crippen molar-refractivity contribution < 1.29 is 13.0 Å². The maximum absolute atomic E-state index is 11.5. The second-order valence-electron chi connectivity index (χ2n) is 9.92. The fourth-order valence-corrected chi connectivity index (χ4v) is 7.85. The Morgan fingerprint density at radius 1 is 0.944 bits per heavy atom. The zero-order chi connectivity index (χ0) is 26.5. The smallest absolute Gasteiger partial charge is 0.294 e. The molecule has 0 unspecified atom stereocenters. The van der Waals surface area contributed by atoms with Crippen LogP contribution in [0.25, 0.3) is 0 Å². The van der Waals surface area contributed by atoms with E-state index in [1.54, 1.807) is 6.07 Å². The fourth-order valence-electron chi connectivity index (χ4n) is 4.85. The SMILES string of the molecule is CN1\C(=C/C=C/C=C/C=C/C2=Nc3ccc(S(=O)(=O)O)cc3C2(C)C)C(C)(C)c2c(I)cc(I)cc21. The van der Waals surface area contributed by atoms with Gasteiger partial charge in [0.1, 0.15) is 0 Å². The average Bonchev–Trinajstić information content (AvgIpc) is 3.13. The molecule has 2 aliphatic heterocycles. The Hall–Kier alpha value is -1.76. The van der Waals surface area contributed by atoms with Gasteiger partial charge in [0, 0.05) is 42.0 Å². The molecule has 2 aromatic carbocycles. The minimum Gasteiger partial charge on any atom is -0.347 e.